The molecule has 0 bridgehead atoms. The van der Waals surface area contributed by atoms with Crippen LogP contribution in [0.2, 0.25) is 5.02 Å². The summed E-state index contributed by atoms with van der Waals surface area (Å²) in [5, 5.41) is 15.8. The molecule has 0 fully saturated rings. The molecule has 0 saturated carbocycles. The van der Waals surface area contributed by atoms with Crippen molar-refractivity contribution >= 4 is 57.5 Å². The number of carbonyl (C=O) groups is 3. The van der Waals surface area contributed by atoms with Gasteiger partial charge in [0.05, 0.1) is 37.3 Å². The third kappa shape index (κ3) is 6.61. The van der Waals surface area contributed by atoms with Gasteiger partial charge < -0.3 is 20.1 Å². The van der Waals surface area contributed by atoms with Crippen molar-refractivity contribution in [1.82, 2.24) is 20.1 Å². The highest BCUT2D eigenvalue weighted by atomic mass is 35.5. The highest BCUT2D eigenvalue weighted by Gasteiger charge is 2.28. The molecule has 0 radical (unpaired) electrons. The number of ether oxygens (including phenoxy) is 2. The second-order valence-electron chi connectivity index (χ2n) is 9.24. The molecule has 13 heteroatoms. The monoisotopic (exact) mass is 625 g/mol. The molecule has 0 unspecified atom stereocenters. The zero-order valence-corrected chi connectivity index (χ0v) is 25.3. The van der Waals surface area contributed by atoms with E-state index in [0.29, 0.717) is 43.6 Å². The molecule has 2 heterocycles. The highest BCUT2D eigenvalue weighted by Crippen LogP contribution is 2.39. The average Bonchev–Trinajstić information content (AvgIpc) is 3.69. The summed E-state index contributed by atoms with van der Waals surface area (Å²) in [5.41, 5.74) is 2.59. The van der Waals surface area contributed by atoms with E-state index in [9.17, 15) is 14.4 Å². The quantitative estimate of drug-likeness (QED) is 0.170. The van der Waals surface area contributed by atoms with Crippen LogP contribution in [-0.2, 0) is 28.9 Å². The number of esters is 1. The number of thiophene rings is 1. The van der Waals surface area contributed by atoms with Gasteiger partial charge in [-0.25, -0.2) is 4.79 Å². The van der Waals surface area contributed by atoms with Crippen LogP contribution in [0.5, 0.6) is 5.75 Å². The maximum atomic E-state index is 13.0. The number of hydrogen-bond acceptors (Lipinski definition) is 9. The summed E-state index contributed by atoms with van der Waals surface area (Å²) in [6, 6.07) is 13.9. The van der Waals surface area contributed by atoms with E-state index in [2.05, 4.69) is 20.8 Å². The van der Waals surface area contributed by atoms with Crippen LogP contribution >= 0.6 is 34.7 Å². The number of thioether (sulfide) groups is 1. The number of anilines is 1. The summed E-state index contributed by atoms with van der Waals surface area (Å²) in [5.74, 6) is 0.135. The van der Waals surface area contributed by atoms with Crippen molar-refractivity contribution in [3.05, 3.63) is 80.9 Å². The Morgan fingerprint density at radius 2 is 1.93 bits per heavy atom. The zero-order chi connectivity index (χ0) is 29.6. The molecule has 1 aliphatic carbocycles. The number of nitrogens with one attached hydrogen (secondary N) is 2. The molecule has 0 aliphatic heterocycles. The van der Waals surface area contributed by atoms with Gasteiger partial charge in [-0.2, -0.15) is 0 Å². The number of rotatable bonds is 11. The largest absolute Gasteiger partial charge is 0.497 e. The van der Waals surface area contributed by atoms with E-state index in [0.717, 1.165) is 29.7 Å². The molecule has 42 heavy (non-hydrogen) atoms. The number of hydrogen-bond donors (Lipinski definition) is 2. The van der Waals surface area contributed by atoms with Crippen LogP contribution in [0.3, 0.4) is 0 Å². The maximum Gasteiger partial charge on any atom is 0.341 e. The number of aromatic nitrogens is 3. The van der Waals surface area contributed by atoms with Crippen molar-refractivity contribution in [2.24, 2.45) is 0 Å². The van der Waals surface area contributed by atoms with Gasteiger partial charge in [-0.3, -0.25) is 14.2 Å². The highest BCUT2D eigenvalue weighted by molar-refractivity contribution is 7.99. The SMILES string of the molecule is CCOC(=O)c1c(NC(=O)CSc2nnc(CNC(=O)c3ccc(OC)cc3)n2-c2cccc(Cl)c2)sc2c1CCC2. The van der Waals surface area contributed by atoms with E-state index < -0.39 is 5.97 Å². The van der Waals surface area contributed by atoms with E-state index in [-0.39, 0.29) is 30.7 Å². The molecule has 5 rings (SSSR count). The molecule has 10 nitrogen and oxygen atoms in total. The lowest BCUT2D eigenvalue weighted by Crippen LogP contribution is -2.24. The number of methoxy groups -OCH3 is 1. The van der Waals surface area contributed by atoms with Gasteiger partial charge in [0.25, 0.3) is 5.91 Å². The predicted molar refractivity (Wildman–Crippen MR) is 162 cm³/mol. The van der Waals surface area contributed by atoms with E-state index in [1.807, 2.05) is 6.07 Å². The van der Waals surface area contributed by atoms with Gasteiger partial charge in [0.2, 0.25) is 5.91 Å². The van der Waals surface area contributed by atoms with Crippen LogP contribution in [-0.4, -0.2) is 52.0 Å². The van der Waals surface area contributed by atoms with Crippen LogP contribution < -0.4 is 15.4 Å². The Bertz CT molecular complexity index is 1620. The Labute approximate surface area is 255 Å². The molecular formula is C29H28ClN5O5S2. The van der Waals surface area contributed by atoms with Gasteiger partial charge in [-0.05, 0) is 74.2 Å². The van der Waals surface area contributed by atoms with Crippen molar-refractivity contribution in [3.63, 3.8) is 0 Å². The minimum absolute atomic E-state index is 0.0156. The van der Waals surface area contributed by atoms with Crippen molar-refractivity contribution in [2.45, 2.75) is 37.9 Å². The molecule has 0 atom stereocenters. The van der Waals surface area contributed by atoms with Crippen LogP contribution in [0.1, 0.15) is 50.3 Å². The Morgan fingerprint density at radius 3 is 2.67 bits per heavy atom. The summed E-state index contributed by atoms with van der Waals surface area (Å²) in [6.07, 6.45) is 2.67. The van der Waals surface area contributed by atoms with Gasteiger partial charge in [-0.1, -0.05) is 29.4 Å². The standard InChI is InChI=1S/C29H28ClN5O5S2/c1-3-40-28(38)25-21-8-5-9-22(21)42-27(25)32-24(36)16-41-29-34-33-23(35(29)19-7-4-6-18(30)14-19)15-31-26(37)17-10-12-20(39-2)13-11-17/h4,6-7,10-14H,3,5,8-9,15-16H2,1-2H3,(H,31,37)(H,32,36). The van der Waals surface area contributed by atoms with Crippen LogP contribution in [0.15, 0.2) is 53.7 Å². The third-order valence-corrected chi connectivity index (χ3v) is 8.88. The first kappa shape index (κ1) is 29.6. The second kappa shape index (κ2) is 13.4. The summed E-state index contributed by atoms with van der Waals surface area (Å²) in [7, 11) is 1.56. The number of benzene rings is 2. The third-order valence-electron chi connectivity index (χ3n) is 6.51. The lowest BCUT2D eigenvalue weighted by Gasteiger charge is -2.12. The van der Waals surface area contributed by atoms with Crippen molar-refractivity contribution < 1.29 is 23.9 Å². The van der Waals surface area contributed by atoms with E-state index in [4.69, 9.17) is 21.1 Å². The second-order valence-corrected chi connectivity index (χ2v) is 11.7. The molecule has 2 N–H and O–H groups in total. The Morgan fingerprint density at radius 1 is 1.12 bits per heavy atom. The van der Waals surface area contributed by atoms with Crippen molar-refractivity contribution in [2.75, 3.05) is 24.8 Å². The number of aryl methyl sites for hydroxylation is 1. The molecule has 0 saturated heterocycles. The number of carbonyl (C=O) groups excluding carboxylic acids is 3. The fraction of sp³-hybridized carbons (Fsp3) is 0.276. The fourth-order valence-corrected chi connectivity index (χ4v) is 6.84. The summed E-state index contributed by atoms with van der Waals surface area (Å²) < 4.78 is 12.2. The molecule has 0 spiro atoms. The van der Waals surface area contributed by atoms with E-state index >= 15 is 0 Å². The lowest BCUT2D eigenvalue weighted by molar-refractivity contribution is -0.113. The Balaban J connectivity index is 1.31. The van der Waals surface area contributed by atoms with Crippen LogP contribution in [0.25, 0.3) is 5.69 Å². The number of nitrogens with zero attached hydrogens (tertiary/aromatic N) is 3. The fourth-order valence-electron chi connectivity index (χ4n) is 4.59. The lowest BCUT2D eigenvalue weighted by atomic mass is 10.1. The average molecular weight is 626 g/mol. The van der Waals surface area contributed by atoms with E-state index in [1.54, 1.807) is 61.1 Å². The molecule has 2 aromatic carbocycles. The summed E-state index contributed by atoms with van der Waals surface area (Å²) in [6.45, 7) is 2.10. The normalized spacial score (nSPS) is 12.1. The molecule has 4 aromatic rings. The summed E-state index contributed by atoms with van der Waals surface area (Å²) in [4.78, 5) is 39.6. The maximum absolute atomic E-state index is 13.0. The molecule has 2 amide bonds. The minimum atomic E-state index is -0.415. The zero-order valence-electron chi connectivity index (χ0n) is 22.9. The smallest absolute Gasteiger partial charge is 0.341 e. The first-order chi connectivity index (χ1) is 20.4. The van der Waals surface area contributed by atoms with Gasteiger partial charge in [0.15, 0.2) is 11.0 Å². The van der Waals surface area contributed by atoms with Crippen molar-refractivity contribution in [1.29, 1.82) is 0 Å². The molecule has 218 valence electrons. The first-order valence-electron chi connectivity index (χ1n) is 13.2. The minimum Gasteiger partial charge on any atom is -0.497 e. The van der Waals surface area contributed by atoms with Gasteiger partial charge >= 0.3 is 5.97 Å². The van der Waals surface area contributed by atoms with Gasteiger partial charge in [0.1, 0.15) is 10.8 Å². The summed E-state index contributed by atoms with van der Waals surface area (Å²) >= 11 is 8.88. The number of amides is 2. The van der Waals surface area contributed by atoms with Crippen LogP contribution in [0, 0.1) is 0 Å². The van der Waals surface area contributed by atoms with E-state index in [1.165, 1.54) is 23.1 Å². The predicted octanol–water partition coefficient (Wildman–Crippen LogP) is 5.32. The number of halogens is 1. The van der Waals surface area contributed by atoms with Gasteiger partial charge in [-0.15, -0.1) is 21.5 Å². The van der Waals surface area contributed by atoms with Crippen LogP contribution in [0.4, 0.5) is 5.00 Å². The Hall–Kier alpha value is -3.87. The topological polar surface area (TPSA) is 124 Å². The molecular weight excluding hydrogens is 598 g/mol. The van der Waals surface area contributed by atoms with Gasteiger partial charge in [0, 0.05) is 15.5 Å². The Kier molecular flexibility index (Phi) is 9.45. The number of fused-ring (bicyclic) bond motifs is 1. The molecule has 1 aliphatic rings. The molecule has 2 aromatic heterocycles. The van der Waals surface area contributed by atoms with Crippen molar-refractivity contribution in [3.8, 4) is 11.4 Å². The first-order valence-corrected chi connectivity index (χ1v) is 15.4.